The maximum absolute atomic E-state index is 11.2. The molecule has 0 spiro atoms. The van der Waals surface area contributed by atoms with Crippen LogP contribution in [0.1, 0.15) is 5.56 Å². The zero-order chi connectivity index (χ0) is 20.1. The van der Waals surface area contributed by atoms with E-state index < -0.39 is 12.0 Å². The predicted octanol–water partition coefficient (Wildman–Crippen LogP) is 1.58. The van der Waals surface area contributed by atoms with Crippen molar-refractivity contribution in [3.8, 4) is 17.1 Å². The molecule has 1 aromatic heterocycles. The second-order valence-corrected chi connectivity index (χ2v) is 6.17. The molecule has 0 aliphatic carbocycles. The van der Waals surface area contributed by atoms with Gasteiger partial charge in [-0.1, -0.05) is 6.07 Å². The van der Waals surface area contributed by atoms with Gasteiger partial charge in [0.05, 0.1) is 37.4 Å². The average Bonchev–Trinajstić information content (AvgIpc) is 3.09. The summed E-state index contributed by atoms with van der Waals surface area (Å²) in [6.07, 6.45) is 1.83. The van der Waals surface area contributed by atoms with Crippen molar-refractivity contribution >= 4 is 23.0 Å². The molecule has 0 saturated heterocycles. The molecule has 4 N–H and O–H groups in total. The van der Waals surface area contributed by atoms with Gasteiger partial charge in [-0.25, -0.2) is 10.5 Å². The molecule has 2 aromatic carbocycles. The molecular weight excluding hydrogens is 362 g/mol. The van der Waals surface area contributed by atoms with Crippen LogP contribution >= 0.6 is 0 Å². The first kappa shape index (κ1) is 19.6. The molecule has 8 nitrogen and oxygen atoms in total. The summed E-state index contributed by atoms with van der Waals surface area (Å²) in [5, 5.41) is 27.8. The van der Waals surface area contributed by atoms with Crippen LogP contribution in [-0.2, 0) is 11.3 Å². The van der Waals surface area contributed by atoms with Gasteiger partial charge in [0, 0.05) is 11.6 Å². The SMILES string of the molecule is COc1ccc(-c2nc3cc(C=CC(=O)NO)ccc3n2CC(O)CO)cc1. The molecule has 0 fully saturated rings. The van der Waals surface area contributed by atoms with E-state index in [-0.39, 0.29) is 13.2 Å². The molecule has 1 amide bonds. The minimum Gasteiger partial charge on any atom is -0.497 e. The Morgan fingerprint density at radius 3 is 2.68 bits per heavy atom. The average molecular weight is 383 g/mol. The van der Waals surface area contributed by atoms with Crippen molar-refractivity contribution in [3.63, 3.8) is 0 Å². The molecule has 0 radical (unpaired) electrons. The van der Waals surface area contributed by atoms with E-state index in [1.807, 2.05) is 34.9 Å². The van der Waals surface area contributed by atoms with Crippen molar-refractivity contribution in [2.24, 2.45) is 0 Å². The molecule has 0 aliphatic rings. The fraction of sp³-hybridized carbons (Fsp3) is 0.200. The number of carbonyl (C=O) groups is 1. The fourth-order valence-electron chi connectivity index (χ4n) is 2.87. The Hall–Kier alpha value is -3.20. The van der Waals surface area contributed by atoms with Gasteiger partial charge in [-0.15, -0.1) is 0 Å². The maximum Gasteiger partial charge on any atom is 0.267 e. The summed E-state index contributed by atoms with van der Waals surface area (Å²) >= 11 is 0. The molecule has 3 aromatic rings. The summed E-state index contributed by atoms with van der Waals surface area (Å²) in [4.78, 5) is 15.8. The lowest BCUT2D eigenvalue weighted by molar-refractivity contribution is -0.124. The lowest BCUT2D eigenvalue weighted by Gasteiger charge is -2.13. The highest BCUT2D eigenvalue weighted by Gasteiger charge is 2.16. The highest BCUT2D eigenvalue weighted by molar-refractivity contribution is 5.91. The molecule has 1 unspecified atom stereocenters. The molecular formula is C20H21N3O5. The number of fused-ring (bicyclic) bond motifs is 1. The molecule has 0 bridgehead atoms. The van der Waals surface area contributed by atoms with E-state index in [9.17, 15) is 15.0 Å². The molecule has 1 atom stereocenters. The van der Waals surface area contributed by atoms with Gasteiger partial charge >= 0.3 is 0 Å². The summed E-state index contributed by atoms with van der Waals surface area (Å²) in [7, 11) is 1.59. The van der Waals surface area contributed by atoms with Crippen LogP contribution in [0, 0.1) is 0 Å². The second-order valence-electron chi connectivity index (χ2n) is 6.17. The van der Waals surface area contributed by atoms with E-state index in [1.54, 1.807) is 25.3 Å². The normalized spacial score (nSPS) is 12.4. The minimum atomic E-state index is -0.928. The summed E-state index contributed by atoms with van der Waals surface area (Å²) in [6, 6.07) is 12.8. The number of aliphatic hydroxyl groups excluding tert-OH is 2. The van der Waals surface area contributed by atoms with Gasteiger partial charge in [-0.3, -0.25) is 10.0 Å². The molecule has 146 valence electrons. The number of carbonyl (C=O) groups excluding carboxylic acids is 1. The van der Waals surface area contributed by atoms with Crippen molar-refractivity contribution in [2.75, 3.05) is 13.7 Å². The molecule has 8 heteroatoms. The standard InChI is InChI=1S/C20H21N3O5/c1-28-16-6-4-14(5-7-16)20-21-17-10-13(3-9-19(26)22-27)2-8-18(17)23(20)11-15(25)12-24/h2-10,15,24-25,27H,11-12H2,1H3,(H,22,26). The zero-order valence-electron chi connectivity index (χ0n) is 15.2. The van der Waals surface area contributed by atoms with E-state index in [4.69, 9.17) is 9.94 Å². The Kier molecular flexibility index (Phi) is 6.05. The number of nitrogens with one attached hydrogen (secondary N) is 1. The maximum atomic E-state index is 11.2. The van der Waals surface area contributed by atoms with Gasteiger partial charge in [-0.2, -0.15) is 0 Å². The Balaban J connectivity index is 2.07. The number of methoxy groups -OCH3 is 1. The number of rotatable bonds is 7. The Morgan fingerprint density at radius 1 is 1.29 bits per heavy atom. The van der Waals surface area contributed by atoms with Crippen LogP contribution in [0.4, 0.5) is 0 Å². The Bertz CT molecular complexity index is 995. The molecule has 0 saturated carbocycles. The number of benzene rings is 2. The molecule has 1 heterocycles. The van der Waals surface area contributed by atoms with Crippen molar-refractivity contribution in [3.05, 3.63) is 54.1 Å². The van der Waals surface area contributed by atoms with Crippen LogP contribution in [-0.4, -0.2) is 50.7 Å². The lowest BCUT2D eigenvalue weighted by Crippen LogP contribution is -2.20. The van der Waals surface area contributed by atoms with Crippen LogP contribution < -0.4 is 10.2 Å². The fourth-order valence-corrected chi connectivity index (χ4v) is 2.87. The van der Waals surface area contributed by atoms with E-state index in [0.717, 1.165) is 22.4 Å². The topological polar surface area (TPSA) is 117 Å². The first-order valence-corrected chi connectivity index (χ1v) is 8.61. The number of ether oxygens (including phenoxy) is 1. The molecule has 28 heavy (non-hydrogen) atoms. The van der Waals surface area contributed by atoms with E-state index in [2.05, 4.69) is 4.98 Å². The van der Waals surface area contributed by atoms with Crippen LogP contribution in [0.15, 0.2) is 48.5 Å². The van der Waals surface area contributed by atoms with Crippen molar-refractivity contribution in [2.45, 2.75) is 12.6 Å². The quantitative estimate of drug-likeness (QED) is 0.280. The summed E-state index contributed by atoms with van der Waals surface area (Å²) in [5.41, 5.74) is 4.54. The largest absolute Gasteiger partial charge is 0.497 e. The van der Waals surface area contributed by atoms with Gasteiger partial charge < -0.3 is 19.5 Å². The van der Waals surface area contributed by atoms with Crippen molar-refractivity contribution in [1.82, 2.24) is 15.0 Å². The van der Waals surface area contributed by atoms with Crippen molar-refractivity contribution in [1.29, 1.82) is 0 Å². The van der Waals surface area contributed by atoms with Crippen LogP contribution in [0.3, 0.4) is 0 Å². The van der Waals surface area contributed by atoms with Gasteiger partial charge in [0.15, 0.2) is 0 Å². The third-order valence-corrected chi connectivity index (χ3v) is 4.26. The Morgan fingerprint density at radius 2 is 2.04 bits per heavy atom. The first-order valence-electron chi connectivity index (χ1n) is 8.61. The Labute approximate surface area is 161 Å². The third-order valence-electron chi connectivity index (χ3n) is 4.26. The number of nitrogens with zero attached hydrogens (tertiary/aromatic N) is 2. The van der Waals surface area contributed by atoms with E-state index in [0.29, 0.717) is 11.3 Å². The third kappa shape index (κ3) is 4.20. The lowest BCUT2D eigenvalue weighted by atomic mass is 10.2. The monoisotopic (exact) mass is 383 g/mol. The highest BCUT2D eigenvalue weighted by Crippen LogP contribution is 2.27. The molecule has 0 aliphatic heterocycles. The molecule has 3 rings (SSSR count). The number of amides is 1. The number of hydrogen-bond acceptors (Lipinski definition) is 6. The number of hydrogen-bond donors (Lipinski definition) is 4. The summed E-state index contributed by atoms with van der Waals surface area (Å²) < 4.78 is 7.03. The zero-order valence-corrected chi connectivity index (χ0v) is 15.2. The van der Waals surface area contributed by atoms with Crippen LogP contribution in [0.25, 0.3) is 28.5 Å². The number of imidazole rings is 1. The van der Waals surface area contributed by atoms with Crippen molar-refractivity contribution < 1.29 is 25.0 Å². The van der Waals surface area contributed by atoms with E-state index in [1.165, 1.54) is 11.6 Å². The predicted molar refractivity (Wildman–Crippen MR) is 104 cm³/mol. The van der Waals surface area contributed by atoms with Gasteiger partial charge in [0.2, 0.25) is 0 Å². The van der Waals surface area contributed by atoms with Crippen LogP contribution in [0.5, 0.6) is 5.75 Å². The van der Waals surface area contributed by atoms with E-state index >= 15 is 0 Å². The summed E-state index contributed by atoms with van der Waals surface area (Å²) in [6.45, 7) is -0.185. The number of hydroxylamine groups is 1. The highest BCUT2D eigenvalue weighted by atomic mass is 16.5. The summed E-state index contributed by atoms with van der Waals surface area (Å²) in [5.74, 6) is 0.728. The van der Waals surface area contributed by atoms with Gasteiger partial charge in [0.1, 0.15) is 11.6 Å². The first-order chi connectivity index (χ1) is 13.5. The second kappa shape index (κ2) is 8.66. The number of aliphatic hydroxyl groups is 2. The minimum absolute atomic E-state index is 0.177. The van der Waals surface area contributed by atoms with Crippen LogP contribution in [0.2, 0.25) is 0 Å². The number of aromatic nitrogens is 2. The van der Waals surface area contributed by atoms with Gasteiger partial charge in [0.25, 0.3) is 5.91 Å². The van der Waals surface area contributed by atoms with Gasteiger partial charge in [-0.05, 0) is 48.0 Å². The smallest absolute Gasteiger partial charge is 0.267 e.